The first-order valence-electron chi connectivity index (χ1n) is 9.44. The van der Waals surface area contributed by atoms with Crippen LogP contribution in [0, 0.1) is 19.7 Å². The summed E-state index contributed by atoms with van der Waals surface area (Å²) in [6.07, 6.45) is 0. The summed E-state index contributed by atoms with van der Waals surface area (Å²) in [6, 6.07) is 18.1. The first-order chi connectivity index (χ1) is 14.5. The fourth-order valence-corrected chi connectivity index (χ4v) is 4.11. The minimum Gasteiger partial charge on any atom is -0.344 e. The highest BCUT2D eigenvalue weighted by atomic mass is 32.2. The fourth-order valence-electron chi connectivity index (χ4n) is 3.34. The molecular formula is C22H20FN5OS. The SMILES string of the molecule is Cc1cc(C(=O)CSc2nnnn2-c2cccc(F)c2)c(C)n1Cc1ccccc1. The number of carbonyl (C=O) groups is 1. The van der Waals surface area contributed by atoms with Gasteiger partial charge < -0.3 is 4.57 Å². The Bertz CT molecular complexity index is 1190. The summed E-state index contributed by atoms with van der Waals surface area (Å²) in [5.41, 5.74) is 4.36. The second-order valence-electron chi connectivity index (χ2n) is 6.92. The lowest BCUT2D eigenvalue weighted by atomic mass is 10.2. The zero-order valence-electron chi connectivity index (χ0n) is 16.6. The maximum absolute atomic E-state index is 13.5. The molecule has 0 aliphatic heterocycles. The van der Waals surface area contributed by atoms with Gasteiger partial charge in [0, 0.05) is 23.5 Å². The molecule has 0 bridgehead atoms. The number of thioether (sulfide) groups is 1. The molecule has 0 unspecified atom stereocenters. The van der Waals surface area contributed by atoms with Crippen LogP contribution in [0.25, 0.3) is 5.69 Å². The van der Waals surface area contributed by atoms with Gasteiger partial charge in [0.2, 0.25) is 5.16 Å². The van der Waals surface area contributed by atoms with E-state index in [9.17, 15) is 9.18 Å². The van der Waals surface area contributed by atoms with Crippen molar-refractivity contribution >= 4 is 17.5 Å². The topological polar surface area (TPSA) is 65.6 Å². The third-order valence-electron chi connectivity index (χ3n) is 4.88. The van der Waals surface area contributed by atoms with Gasteiger partial charge in [-0.05, 0) is 54.1 Å². The van der Waals surface area contributed by atoms with Crippen molar-refractivity contribution in [2.24, 2.45) is 0 Å². The smallest absolute Gasteiger partial charge is 0.214 e. The van der Waals surface area contributed by atoms with Gasteiger partial charge in [-0.3, -0.25) is 4.79 Å². The van der Waals surface area contributed by atoms with Crippen LogP contribution in [0.3, 0.4) is 0 Å². The molecule has 0 fully saturated rings. The quantitative estimate of drug-likeness (QED) is 0.330. The number of hydrogen-bond donors (Lipinski definition) is 0. The molecule has 152 valence electrons. The van der Waals surface area contributed by atoms with Gasteiger partial charge in [0.15, 0.2) is 5.78 Å². The molecule has 8 heteroatoms. The normalized spacial score (nSPS) is 11.0. The largest absolute Gasteiger partial charge is 0.344 e. The molecule has 2 heterocycles. The number of aromatic nitrogens is 5. The number of Topliss-reactive ketones (excluding diaryl/α,β-unsaturated/α-hetero) is 1. The molecular weight excluding hydrogens is 401 g/mol. The van der Waals surface area contributed by atoms with Crippen LogP contribution >= 0.6 is 11.8 Å². The van der Waals surface area contributed by atoms with Gasteiger partial charge in [-0.1, -0.05) is 48.2 Å². The summed E-state index contributed by atoms with van der Waals surface area (Å²) in [7, 11) is 0. The minimum atomic E-state index is -0.374. The fraction of sp³-hybridized carbons (Fsp3) is 0.182. The standard InChI is InChI=1S/C22H20FN5OS/c1-15-11-20(16(2)27(15)13-17-7-4-3-5-8-17)21(29)14-30-22-24-25-26-28(22)19-10-6-9-18(23)12-19/h3-12H,13-14H2,1-2H3. The molecule has 0 radical (unpaired) electrons. The average molecular weight is 422 g/mol. The van der Waals surface area contributed by atoms with Gasteiger partial charge >= 0.3 is 0 Å². The molecule has 2 aromatic carbocycles. The molecule has 4 rings (SSSR count). The van der Waals surface area contributed by atoms with E-state index in [1.165, 1.54) is 34.1 Å². The Morgan fingerprint density at radius 2 is 1.87 bits per heavy atom. The number of tetrazole rings is 1. The van der Waals surface area contributed by atoms with Crippen molar-refractivity contribution in [3.8, 4) is 5.69 Å². The van der Waals surface area contributed by atoms with Crippen molar-refractivity contribution in [1.29, 1.82) is 0 Å². The van der Waals surface area contributed by atoms with Crippen LogP contribution in [0.4, 0.5) is 4.39 Å². The molecule has 6 nitrogen and oxygen atoms in total. The highest BCUT2D eigenvalue weighted by Gasteiger charge is 2.18. The zero-order chi connectivity index (χ0) is 21.1. The lowest BCUT2D eigenvalue weighted by molar-refractivity contribution is 0.102. The number of benzene rings is 2. The first-order valence-corrected chi connectivity index (χ1v) is 10.4. The third-order valence-corrected chi connectivity index (χ3v) is 5.80. The number of ketones is 1. The summed E-state index contributed by atoms with van der Waals surface area (Å²) in [4.78, 5) is 12.9. The van der Waals surface area contributed by atoms with Gasteiger partial charge in [0.05, 0.1) is 11.4 Å². The van der Waals surface area contributed by atoms with E-state index < -0.39 is 0 Å². The van der Waals surface area contributed by atoms with E-state index in [0.29, 0.717) is 16.4 Å². The average Bonchev–Trinajstić information content (AvgIpc) is 3.33. The number of nitrogens with zero attached hydrogens (tertiary/aromatic N) is 5. The van der Waals surface area contributed by atoms with Crippen molar-refractivity contribution in [1.82, 2.24) is 24.8 Å². The second kappa shape index (κ2) is 8.62. The van der Waals surface area contributed by atoms with Crippen molar-refractivity contribution in [2.75, 3.05) is 5.75 Å². The van der Waals surface area contributed by atoms with E-state index >= 15 is 0 Å². The monoisotopic (exact) mass is 421 g/mol. The summed E-state index contributed by atoms with van der Waals surface area (Å²) in [5.74, 6) is -0.187. The molecule has 0 amide bonds. The Kier molecular flexibility index (Phi) is 5.76. The minimum absolute atomic E-state index is 0.00111. The van der Waals surface area contributed by atoms with Crippen LogP contribution in [0.2, 0.25) is 0 Å². The van der Waals surface area contributed by atoms with Crippen molar-refractivity contribution < 1.29 is 9.18 Å². The molecule has 4 aromatic rings. The Morgan fingerprint density at radius 1 is 1.07 bits per heavy atom. The second-order valence-corrected chi connectivity index (χ2v) is 7.86. The van der Waals surface area contributed by atoms with Gasteiger partial charge in [-0.2, -0.15) is 4.68 Å². The van der Waals surface area contributed by atoms with Crippen LogP contribution < -0.4 is 0 Å². The van der Waals surface area contributed by atoms with E-state index in [2.05, 4.69) is 32.2 Å². The molecule has 0 saturated carbocycles. The predicted molar refractivity (Wildman–Crippen MR) is 114 cm³/mol. The Balaban J connectivity index is 1.49. The first kappa shape index (κ1) is 20.0. The molecule has 0 N–H and O–H groups in total. The van der Waals surface area contributed by atoms with E-state index in [0.717, 1.165) is 17.9 Å². The zero-order valence-corrected chi connectivity index (χ0v) is 17.4. The highest BCUT2D eigenvalue weighted by Crippen LogP contribution is 2.23. The number of aryl methyl sites for hydroxylation is 1. The van der Waals surface area contributed by atoms with Crippen molar-refractivity contribution in [3.63, 3.8) is 0 Å². The number of halogens is 1. The van der Waals surface area contributed by atoms with Gasteiger partial charge in [-0.15, -0.1) is 5.10 Å². The van der Waals surface area contributed by atoms with Crippen LogP contribution in [0.15, 0.2) is 65.8 Å². The lowest BCUT2D eigenvalue weighted by Crippen LogP contribution is -2.08. The van der Waals surface area contributed by atoms with Crippen LogP contribution in [0.1, 0.15) is 27.3 Å². The van der Waals surface area contributed by atoms with Crippen LogP contribution in [-0.2, 0) is 6.54 Å². The van der Waals surface area contributed by atoms with Crippen LogP contribution in [0.5, 0.6) is 0 Å². The number of rotatable bonds is 7. The summed E-state index contributed by atoms with van der Waals surface area (Å²) in [6.45, 7) is 4.69. The molecule has 0 aliphatic rings. The molecule has 0 aliphatic carbocycles. The molecule has 0 saturated heterocycles. The molecule has 2 aromatic heterocycles. The number of carbonyl (C=O) groups excluding carboxylic acids is 1. The summed E-state index contributed by atoms with van der Waals surface area (Å²) >= 11 is 1.23. The highest BCUT2D eigenvalue weighted by molar-refractivity contribution is 7.99. The van der Waals surface area contributed by atoms with Gasteiger partial charge in [0.25, 0.3) is 0 Å². The molecule has 0 spiro atoms. The maximum Gasteiger partial charge on any atom is 0.214 e. The van der Waals surface area contributed by atoms with Crippen molar-refractivity contribution in [3.05, 3.63) is 89.0 Å². The predicted octanol–water partition coefficient (Wildman–Crippen LogP) is 4.24. The summed E-state index contributed by atoms with van der Waals surface area (Å²) in [5, 5.41) is 12.0. The van der Waals surface area contributed by atoms with Crippen molar-refractivity contribution in [2.45, 2.75) is 25.5 Å². The lowest BCUT2D eigenvalue weighted by Gasteiger charge is -2.10. The molecule has 0 atom stereocenters. The van der Waals surface area contributed by atoms with E-state index in [1.807, 2.05) is 38.1 Å². The summed E-state index contributed by atoms with van der Waals surface area (Å²) < 4.78 is 17.1. The van der Waals surface area contributed by atoms with E-state index in [1.54, 1.807) is 12.1 Å². The van der Waals surface area contributed by atoms with E-state index in [4.69, 9.17) is 0 Å². The number of hydrogen-bond acceptors (Lipinski definition) is 5. The van der Waals surface area contributed by atoms with E-state index in [-0.39, 0.29) is 17.4 Å². The maximum atomic E-state index is 13.5. The Hall–Kier alpha value is -3.26. The van der Waals surface area contributed by atoms with Crippen LogP contribution in [-0.4, -0.2) is 36.3 Å². The third kappa shape index (κ3) is 4.18. The molecule has 30 heavy (non-hydrogen) atoms. The Morgan fingerprint density at radius 3 is 2.63 bits per heavy atom. The van der Waals surface area contributed by atoms with Gasteiger partial charge in [-0.25, -0.2) is 4.39 Å². The van der Waals surface area contributed by atoms with Gasteiger partial charge in [0.1, 0.15) is 5.82 Å². The Labute approximate surface area is 177 Å².